The predicted molar refractivity (Wildman–Crippen MR) is 125 cm³/mol. The van der Waals surface area contributed by atoms with E-state index in [1.807, 2.05) is 72.9 Å². The molecule has 5 aromatic rings. The smallest absolute Gasteiger partial charge is 0.186 e. The highest BCUT2D eigenvalue weighted by molar-refractivity contribution is 6.10. The Kier molecular flexibility index (Phi) is 5.59. The lowest BCUT2D eigenvalue weighted by atomic mass is 9.96. The predicted octanol–water partition coefficient (Wildman–Crippen LogP) is 4.71. The number of para-hydroxylation sites is 1. The maximum Gasteiger partial charge on any atom is 0.186 e. The number of fused-ring (bicyclic) bond motifs is 1. The molecule has 0 radical (unpaired) electrons. The van der Waals surface area contributed by atoms with Crippen molar-refractivity contribution in [3.63, 3.8) is 0 Å². The highest BCUT2D eigenvalue weighted by Gasteiger charge is 2.23. The van der Waals surface area contributed by atoms with Crippen LogP contribution in [0.5, 0.6) is 0 Å². The number of nitrogens with one attached hydrogen (secondary N) is 3. The van der Waals surface area contributed by atoms with Crippen molar-refractivity contribution in [1.82, 2.24) is 25.7 Å². The minimum absolute atomic E-state index is 0.0648. The summed E-state index contributed by atoms with van der Waals surface area (Å²) in [7, 11) is 0. The summed E-state index contributed by atoms with van der Waals surface area (Å²) in [6.07, 6.45) is 4.40. The summed E-state index contributed by atoms with van der Waals surface area (Å²) in [6, 6.07) is 25.6. The summed E-state index contributed by atoms with van der Waals surface area (Å²) >= 11 is 0. The van der Waals surface area contributed by atoms with Gasteiger partial charge in [0.1, 0.15) is 5.69 Å². The summed E-state index contributed by atoms with van der Waals surface area (Å²) in [5, 5.41) is 15.0. The van der Waals surface area contributed by atoms with Crippen LogP contribution in [0.3, 0.4) is 0 Å². The van der Waals surface area contributed by atoms with Crippen molar-refractivity contribution in [2.75, 3.05) is 6.54 Å². The molecule has 0 spiro atoms. The number of hydrogen-bond donors (Lipinski definition) is 3. The van der Waals surface area contributed by atoms with E-state index in [4.69, 9.17) is 0 Å². The fourth-order valence-electron chi connectivity index (χ4n) is 3.98. The van der Waals surface area contributed by atoms with Crippen molar-refractivity contribution in [2.45, 2.75) is 12.5 Å². The number of carbonyl (C=O) groups excluding carboxylic acids is 1. The summed E-state index contributed by atoms with van der Waals surface area (Å²) in [4.78, 5) is 16.8. The van der Waals surface area contributed by atoms with Gasteiger partial charge < -0.3 is 10.3 Å². The van der Waals surface area contributed by atoms with Crippen molar-refractivity contribution in [1.29, 1.82) is 0 Å². The van der Waals surface area contributed by atoms with Gasteiger partial charge >= 0.3 is 0 Å². The van der Waals surface area contributed by atoms with Crippen LogP contribution in [0.2, 0.25) is 0 Å². The molecule has 3 aromatic carbocycles. The topological polar surface area (TPSA) is 86.5 Å². The molecule has 2 heterocycles. The highest BCUT2D eigenvalue weighted by atomic mass is 16.1. The molecule has 0 aliphatic carbocycles. The van der Waals surface area contributed by atoms with E-state index in [9.17, 15) is 4.79 Å². The van der Waals surface area contributed by atoms with Crippen LogP contribution in [0.4, 0.5) is 0 Å². The molecule has 1 atom stereocenters. The van der Waals surface area contributed by atoms with Crippen molar-refractivity contribution < 1.29 is 4.79 Å². The molecule has 32 heavy (non-hydrogen) atoms. The molecule has 0 fully saturated rings. The second-order valence-electron chi connectivity index (χ2n) is 7.72. The van der Waals surface area contributed by atoms with Gasteiger partial charge in [-0.3, -0.25) is 9.89 Å². The molecule has 0 bridgehead atoms. The Balaban J connectivity index is 1.32. The van der Waals surface area contributed by atoms with Gasteiger partial charge in [-0.25, -0.2) is 0 Å². The molecule has 2 aromatic heterocycles. The van der Waals surface area contributed by atoms with Gasteiger partial charge in [0.15, 0.2) is 5.78 Å². The van der Waals surface area contributed by atoms with Crippen LogP contribution in [0.1, 0.15) is 27.5 Å². The first kappa shape index (κ1) is 19.9. The third-order valence-corrected chi connectivity index (χ3v) is 5.68. The number of hydrogen-bond acceptors (Lipinski definition) is 4. The van der Waals surface area contributed by atoms with E-state index in [2.05, 4.69) is 37.8 Å². The highest BCUT2D eigenvalue weighted by Crippen LogP contribution is 2.25. The minimum Gasteiger partial charge on any atom is -0.360 e. The summed E-state index contributed by atoms with van der Waals surface area (Å²) in [5.41, 5.74) is 5.67. The zero-order valence-corrected chi connectivity index (χ0v) is 17.5. The fraction of sp³-hybridized carbons (Fsp3) is 0.115. The van der Waals surface area contributed by atoms with Crippen LogP contribution in [-0.4, -0.2) is 32.7 Å². The van der Waals surface area contributed by atoms with Crippen molar-refractivity contribution in [3.8, 4) is 11.3 Å². The van der Waals surface area contributed by atoms with E-state index in [1.54, 1.807) is 6.20 Å². The Morgan fingerprint density at radius 1 is 0.906 bits per heavy atom. The Hall–Kier alpha value is -4.03. The van der Waals surface area contributed by atoms with Gasteiger partial charge in [0.05, 0.1) is 6.04 Å². The molecule has 0 aliphatic heterocycles. The van der Waals surface area contributed by atoms with Gasteiger partial charge in [-0.1, -0.05) is 78.0 Å². The van der Waals surface area contributed by atoms with Gasteiger partial charge in [0.2, 0.25) is 0 Å². The SMILES string of the molecule is O=C(c1c[nH]c2ccccc12)[C@H](NCCc1ccc(-c2c[nH]nn2)cc1)c1ccccc1. The lowest BCUT2D eigenvalue weighted by Crippen LogP contribution is -2.30. The first-order valence-electron chi connectivity index (χ1n) is 10.6. The number of ketones is 1. The normalized spacial score (nSPS) is 12.1. The van der Waals surface area contributed by atoms with Gasteiger partial charge in [-0.15, -0.1) is 5.10 Å². The number of benzene rings is 3. The molecular formula is C26H23N5O. The number of Topliss-reactive ketones (excluding diaryl/α,β-unsaturated/α-hetero) is 1. The molecule has 0 saturated heterocycles. The van der Waals surface area contributed by atoms with Gasteiger partial charge in [-0.2, -0.15) is 0 Å². The standard InChI is InChI=1S/C26H23N5O/c32-26(22-16-28-23-9-5-4-8-21(22)23)25(20-6-2-1-3-7-20)27-15-14-18-10-12-19(13-11-18)24-17-29-31-30-24/h1-13,16-17,25,27-28H,14-15H2,(H,29,30,31)/t25-/m1/s1. The van der Waals surface area contributed by atoms with E-state index in [-0.39, 0.29) is 5.78 Å². The number of carbonyl (C=O) groups is 1. The van der Waals surface area contributed by atoms with Crippen LogP contribution in [0, 0.1) is 0 Å². The second-order valence-corrected chi connectivity index (χ2v) is 7.72. The first-order valence-corrected chi connectivity index (χ1v) is 10.6. The Labute approximate surface area is 185 Å². The van der Waals surface area contributed by atoms with Crippen molar-refractivity contribution >= 4 is 16.7 Å². The number of nitrogens with zero attached hydrogens (tertiary/aromatic N) is 2. The maximum atomic E-state index is 13.5. The lowest BCUT2D eigenvalue weighted by molar-refractivity contribution is 0.0945. The molecule has 6 heteroatoms. The average molecular weight is 422 g/mol. The molecule has 0 amide bonds. The quantitative estimate of drug-likeness (QED) is 0.317. The zero-order valence-electron chi connectivity index (χ0n) is 17.5. The number of H-pyrrole nitrogens is 2. The van der Waals surface area contributed by atoms with Crippen LogP contribution in [-0.2, 0) is 6.42 Å². The monoisotopic (exact) mass is 421 g/mol. The Bertz CT molecular complexity index is 1310. The lowest BCUT2D eigenvalue weighted by Gasteiger charge is -2.18. The third kappa shape index (κ3) is 4.08. The summed E-state index contributed by atoms with van der Waals surface area (Å²) in [5.74, 6) is 0.0648. The average Bonchev–Trinajstić information content (AvgIpc) is 3.53. The van der Waals surface area contributed by atoms with E-state index in [0.717, 1.165) is 34.1 Å². The largest absolute Gasteiger partial charge is 0.360 e. The molecule has 5 rings (SSSR count). The maximum absolute atomic E-state index is 13.5. The van der Waals surface area contributed by atoms with Crippen LogP contribution in [0.15, 0.2) is 91.3 Å². The Morgan fingerprint density at radius 2 is 1.69 bits per heavy atom. The molecule has 0 saturated carbocycles. The summed E-state index contributed by atoms with van der Waals surface area (Å²) in [6.45, 7) is 0.678. The number of aromatic amines is 2. The molecular weight excluding hydrogens is 398 g/mol. The molecule has 0 aliphatic rings. The third-order valence-electron chi connectivity index (χ3n) is 5.68. The van der Waals surface area contributed by atoms with Gasteiger partial charge in [-0.05, 0) is 23.6 Å². The molecule has 158 valence electrons. The zero-order chi connectivity index (χ0) is 21.8. The van der Waals surface area contributed by atoms with E-state index >= 15 is 0 Å². The minimum atomic E-state index is -0.412. The second kappa shape index (κ2) is 8.99. The van der Waals surface area contributed by atoms with Gasteiger partial charge in [0.25, 0.3) is 0 Å². The number of rotatable bonds is 8. The van der Waals surface area contributed by atoms with Crippen LogP contribution in [0.25, 0.3) is 22.2 Å². The Morgan fingerprint density at radius 3 is 2.47 bits per heavy atom. The summed E-state index contributed by atoms with van der Waals surface area (Å²) < 4.78 is 0. The van der Waals surface area contributed by atoms with Crippen LogP contribution < -0.4 is 5.32 Å². The van der Waals surface area contributed by atoms with E-state index in [0.29, 0.717) is 12.1 Å². The van der Waals surface area contributed by atoms with Crippen molar-refractivity contribution in [3.05, 3.63) is 108 Å². The number of aromatic nitrogens is 4. The molecule has 3 N–H and O–H groups in total. The molecule has 0 unspecified atom stereocenters. The van der Waals surface area contributed by atoms with E-state index in [1.165, 1.54) is 5.56 Å². The van der Waals surface area contributed by atoms with Gasteiger partial charge in [0, 0.05) is 41.0 Å². The fourth-order valence-corrected chi connectivity index (χ4v) is 3.98. The van der Waals surface area contributed by atoms with Crippen molar-refractivity contribution in [2.24, 2.45) is 0 Å². The van der Waals surface area contributed by atoms with Crippen LogP contribution >= 0.6 is 0 Å². The van der Waals surface area contributed by atoms with E-state index < -0.39 is 6.04 Å². The first-order chi connectivity index (χ1) is 15.8. The molecule has 6 nitrogen and oxygen atoms in total.